The zero-order chi connectivity index (χ0) is 17.0. The molecule has 0 spiro atoms. The Hall–Kier alpha value is -1.89. The normalized spacial score (nSPS) is 21.4. The van der Waals surface area contributed by atoms with Crippen LogP contribution in [0.15, 0.2) is 0 Å². The first-order valence-electron chi connectivity index (χ1n) is 8.12. The van der Waals surface area contributed by atoms with Crippen LogP contribution in [0.3, 0.4) is 0 Å². The molecule has 1 aromatic rings. The lowest BCUT2D eigenvalue weighted by Crippen LogP contribution is -2.42. The summed E-state index contributed by atoms with van der Waals surface area (Å²) in [6, 6.07) is 0.551. The number of carbonyl (C=O) groups excluding carboxylic acids is 2. The number of amides is 2. The number of hydrogen-bond acceptors (Lipinski definition) is 4. The molecule has 7 heteroatoms. The number of rotatable bonds is 6. The molecule has 2 rings (SSSR count). The Labute approximate surface area is 137 Å². The number of aryl methyl sites for hydroxylation is 2. The Kier molecular flexibility index (Phi) is 5.76. The molecule has 1 aliphatic heterocycles. The van der Waals surface area contributed by atoms with Gasteiger partial charge in [-0.1, -0.05) is 0 Å². The minimum absolute atomic E-state index is 0.00885. The molecule has 23 heavy (non-hydrogen) atoms. The molecular formula is C16H27N5O2. The molecule has 0 radical (unpaired) electrons. The van der Waals surface area contributed by atoms with Crippen molar-refractivity contribution in [1.82, 2.24) is 25.7 Å². The average Bonchev–Trinajstić information content (AvgIpc) is 2.99. The fourth-order valence-electron chi connectivity index (χ4n) is 3.15. The van der Waals surface area contributed by atoms with Gasteiger partial charge in [0, 0.05) is 49.8 Å². The van der Waals surface area contributed by atoms with Crippen LogP contribution in [-0.4, -0.2) is 52.6 Å². The zero-order valence-electron chi connectivity index (χ0n) is 14.4. The van der Waals surface area contributed by atoms with Crippen molar-refractivity contribution in [3.63, 3.8) is 0 Å². The molecule has 1 fully saturated rings. The standard InChI is InChI=1S/C16H27N5O2/c1-10-15(11(2)20-19-10)9-18-16(23)7-13-5-6-14(21(13)4)8-17-12(3)22/h13-14H,5-9H2,1-4H3,(H,17,22)(H,18,23)(H,19,20)/t13-,14+/m0/s1. The molecule has 1 aromatic heterocycles. The summed E-state index contributed by atoms with van der Waals surface area (Å²) in [6.45, 7) is 6.58. The molecule has 0 unspecified atom stereocenters. The second kappa shape index (κ2) is 7.59. The van der Waals surface area contributed by atoms with Gasteiger partial charge in [0.2, 0.25) is 11.8 Å². The fourth-order valence-corrected chi connectivity index (χ4v) is 3.15. The van der Waals surface area contributed by atoms with E-state index in [0.717, 1.165) is 29.8 Å². The van der Waals surface area contributed by atoms with Crippen molar-refractivity contribution in [3.8, 4) is 0 Å². The molecular weight excluding hydrogens is 294 g/mol. The molecule has 1 aliphatic rings. The van der Waals surface area contributed by atoms with E-state index < -0.39 is 0 Å². The van der Waals surface area contributed by atoms with Crippen LogP contribution in [0.1, 0.15) is 43.1 Å². The van der Waals surface area contributed by atoms with Crippen LogP contribution in [0.25, 0.3) is 0 Å². The quantitative estimate of drug-likeness (QED) is 0.717. The first-order chi connectivity index (χ1) is 10.9. The van der Waals surface area contributed by atoms with Gasteiger partial charge in [0.05, 0.1) is 5.69 Å². The number of carbonyl (C=O) groups is 2. The van der Waals surface area contributed by atoms with Gasteiger partial charge < -0.3 is 10.6 Å². The van der Waals surface area contributed by atoms with Crippen molar-refractivity contribution in [2.45, 2.75) is 58.7 Å². The minimum Gasteiger partial charge on any atom is -0.355 e. The van der Waals surface area contributed by atoms with E-state index in [1.54, 1.807) is 0 Å². The predicted molar refractivity (Wildman–Crippen MR) is 87.8 cm³/mol. The highest BCUT2D eigenvalue weighted by molar-refractivity contribution is 5.76. The van der Waals surface area contributed by atoms with Crippen molar-refractivity contribution < 1.29 is 9.59 Å². The Bertz CT molecular complexity index is 549. The van der Waals surface area contributed by atoms with Gasteiger partial charge in [-0.2, -0.15) is 5.10 Å². The third-order valence-corrected chi connectivity index (χ3v) is 4.74. The van der Waals surface area contributed by atoms with Gasteiger partial charge >= 0.3 is 0 Å². The molecule has 7 nitrogen and oxygen atoms in total. The SMILES string of the molecule is CC(=O)NC[C@H]1CC[C@@H](CC(=O)NCc2c(C)n[nH]c2C)N1C. The average molecular weight is 321 g/mol. The summed E-state index contributed by atoms with van der Waals surface area (Å²) >= 11 is 0. The third kappa shape index (κ3) is 4.54. The lowest BCUT2D eigenvalue weighted by atomic mass is 10.1. The van der Waals surface area contributed by atoms with E-state index in [2.05, 4.69) is 25.7 Å². The topological polar surface area (TPSA) is 90.1 Å². The van der Waals surface area contributed by atoms with Crippen LogP contribution < -0.4 is 10.6 Å². The van der Waals surface area contributed by atoms with Gasteiger partial charge in [-0.15, -0.1) is 0 Å². The lowest BCUT2D eigenvalue weighted by molar-refractivity contribution is -0.122. The van der Waals surface area contributed by atoms with E-state index in [9.17, 15) is 9.59 Å². The summed E-state index contributed by atoms with van der Waals surface area (Å²) in [6.07, 6.45) is 2.48. The van der Waals surface area contributed by atoms with Crippen LogP contribution in [0.4, 0.5) is 0 Å². The van der Waals surface area contributed by atoms with Gasteiger partial charge in [0.15, 0.2) is 0 Å². The summed E-state index contributed by atoms with van der Waals surface area (Å²) < 4.78 is 0. The number of likely N-dealkylation sites (N-methyl/N-ethyl adjacent to an activating group) is 1. The Balaban J connectivity index is 1.78. The number of aromatic amines is 1. The molecule has 2 atom stereocenters. The van der Waals surface area contributed by atoms with E-state index in [1.165, 1.54) is 6.92 Å². The Morgan fingerprint density at radius 2 is 1.96 bits per heavy atom. The molecule has 2 amide bonds. The van der Waals surface area contributed by atoms with E-state index in [0.29, 0.717) is 25.6 Å². The summed E-state index contributed by atoms with van der Waals surface area (Å²) in [7, 11) is 2.03. The monoisotopic (exact) mass is 321 g/mol. The minimum atomic E-state index is -0.00885. The van der Waals surface area contributed by atoms with E-state index in [4.69, 9.17) is 0 Å². The Morgan fingerprint density at radius 1 is 1.26 bits per heavy atom. The second-order valence-electron chi connectivity index (χ2n) is 6.38. The van der Waals surface area contributed by atoms with Crippen LogP contribution in [0.5, 0.6) is 0 Å². The third-order valence-electron chi connectivity index (χ3n) is 4.74. The van der Waals surface area contributed by atoms with Crippen molar-refractivity contribution >= 4 is 11.8 Å². The number of nitrogens with zero attached hydrogens (tertiary/aromatic N) is 2. The lowest BCUT2D eigenvalue weighted by Gasteiger charge is -2.25. The molecule has 0 saturated carbocycles. The van der Waals surface area contributed by atoms with E-state index in [1.807, 2.05) is 20.9 Å². The highest BCUT2D eigenvalue weighted by Gasteiger charge is 2.31. The van der Waals surface area contributed by atoms with Crippen LogP contribution in [0, 0.1) is 13.8 Å². The van der Waals surface area contributed by atoms with Crippen molar-refractivity contribution in [2.75, 3.05) is 13.6 Å². The molecule has 0 aromatic carbocycles. The molecule has 2 heterocycles. The maximum atomic E-state index is 12.2. The maximum absolute atomic E-state index is 12.2. The Morgan fingerprint density at radius 3 is 2.57 bits per heavy atom. The van der Waals surface area contributed by atoms with Crippen molar-refractivity contribution in [3.05, 3.63) is 17.0 Å². The van der Waals surface area contributed by atoms with Gasteiger partial charge in [-0.25, -0.2) is 0 Å². The summed E-state index contributed by atoms with van der Waals surface area (Å²) in [5, 5.41) is 12.9. The molecule has 3 N–H and O–H groups in total. The number of nitrogens with one attached hydrogen (secondary N) is 3. The van der Waals surface area contributed by atoms with Crippen LogP contribution in [-0.2, 0) is 16.1 Å². The first kappa shape index (κ1) is 17.5. The number of likely N-dealkylation sites (tertiary alicyclic amines) is 1. The summed E-state index contributed by atoms with van der Waals surface area (Å²) in [4.78, 5) is 25.4. The zero-order valence-corrected chi connectivity index (χ0v) is 14.4. The molecule has 1 saturated heterocycles. The molecule has 0 bridgehead atoms. The van der Waals surface area contributed by atoms with Crippen LogP contribution >= 0.6 is 0 Å². The highest BCUT2D eigenvalue weighted by atomic mass is 16.2. The molecule has 128 valence electrons. The molecule has 0 aliphatic carbocycles. The van der Waals surface area contributed by atoms with Crippen LogP contribution in [0.2, 0.25) is 0 Å². The number of hydrogen-bond donors (Lipinski definition) is 3. The van der Waals surface area contributed by atoms with Gasteiger partial charge in [0.1, 0.15) is 0 Å². The fraction of sp³-hybridized carbons (Fsp3) is 0.688. The van der Waals surface area contributed by atoms with Crippen molar-refractivity contribution in [2.24, 2.45) is 0 Å². The van der Waals surface area contributed by atoms with Gasteiger partial charge in [-0.05, 0) is 33.7 Å². The number of aromatic nitrogens is 2. The summed E-state index contributed by atoms with van der Waals surface area (Å²) in [5.41, 5.74) is 2.98. The first-order valence-corrected chi connectivity index (χ1v) is 8.12. The number of H-pyrrole nitrogens is 1. The summed E-state index contributed by atoms with van der Waals surface area (Å²) in [5.74, 6) is 0.0486. The van der Waals surface area contributed by atoms with Gasteiger partial charge in [0.25, 0.3) is 0 Å². The van der Waals surface area contributed by atoms with E-state index in [-0.39, 0.29) is 17.9 Å². The second-order valence-corrected chi connectivity index (χ2v) is 6.38. The predicted octanol–water partition coefficient (Wildman–Crippen LogP) is 0.632. The largest absolute Gasteiger partial charge is 0.355 e. The van der Waals surface area contributed by atoms with Crippen molar-refractivity contribution in [1.29, 1.82) is 0 Å². The van der Waals surface area contributed by atoms with Gasteiger partial charge in [-0.3, -0.25) is 19.6 Å². The smallest absolute Gasteiger partial charge is 0.221 e. The highest BCUT2D eigenvalue weighted by Crippen LogP contribution is 2.24. The van der Waals surface area contributed by atoms with E-state index >= 15 is 0 Å². The maximum Gasteiger partial charge on any atom is 0.221 e.